The highest BCUT2D eigenvalue weighted by molar-refractivity contribution is 14.1. The van der Waals surface area contributed by atoms with Crippen LogP contribution >= 0.6 is 33.9 Å². The van der Waals surface area contributed by atoms with Gasteiger partial charge in [-0.15, -0.1) is 0 Å². The number of halogens is 1. The van der Waals surface area contributed by atoms with Crippen molar-refractivity contribution < 1.29 is 19.0 Å². The van der Waals surface area contributed by atoms with Crippen molar-refractivity contribution in [3.8, 4) is 11.5 Å². The predicted molar refractivity (Wildman–Crippen MR) is 139 cm³/mol. The predicted octanol–water partition coefficient (Wildman–Crippen LogP) is 3.42. The number of carbonyl (C=O) groups excluding carboxylic acids is 1. The Balaban J connectivity index is 1.99. The van der Waals surface area contributed by atoms with E-state index in [0.717, 1.165) is 9.13 Å². The van der Waals surface area contributed by atoms with Crippen LogP contribution in [0.1, 0.15) is 31.0 Å². The van der Waals surface area contributed by atoms with Crippen molar-refractivity contribution >= 4 is 46.0 Å². The van der Waals surface area contributed by atoms with E-state index < -0.39 is 12.0 Å². The quantitative estimate of drug-likeness (QED) is 0.325. The van der Waals surface area contributed by atoms with Crippen LogP contribution in [0.15, 0.2) is 63.5 Å². The van der Waals surface area contributed by atoms with Gasteiger partial charge in [0.15, 0.2) is 4.80 Å². The van der Waals surface area contributed by atoms with Crippen molar-refractivity contribution in [3.05, 3.63) is 88.1 Å². The van der Waals surface area contributed by atoms with Crippen molar-refractivity contribution in [1.82, 2.24) is 4.57 Å². The third-order valence-electron chi connectivity index (χ3n) is 5.42. The summed E-state index contributed by atoms with van der Waals surface area (Å²) >= 11 is 3.53. The van der Waals surface area contributed by atoms with Crippen LogP contribution in [0, 0.1) is 3.57 Å². The number of rotatable bonds is 6. The first kappa shape index (κ1) is 24.2. The van der Waals surface area contributed by atoms with E-state index >= 15 is 0 Å². The minimum absolute atomic E-state index is 0.208. The lowest BCUT2D eigenvalue weighted by atomic mass is 9.95. The number of ether oxygens (including phenoxy) is 3. The summed E-state index contributed by atoms with van der Waals surface area (Å²) in [5, 5.41) is 0. The summed E-state index contributed by atoms with van der Waals surface area (Å²) in [7, 11) is 3.11. The summed E-state index contributed by atoms with van der Waals surface area (Å²) in [5.41, 5.74) is 2.12. The van der Waals surface area contributed by atoms with Crippen LogP contribution in [-0.2, 0) is 9.53 Å². The zero-order valence-corrected chi connectivity index (χ0v) is 22.1. The van der Waals surface area contributed by atoms with Crippen molar-refractivity contribution in [2.45, 2.75) is 19.9 Å². The zero-order valence-electron chi connectivity index (χ0n) is 19.1. The van der Waals surface area contributed by atoms with Crippen molar-refractivity contribution in [2.75, 3.05) is 20.8 Å². The lowest BCUT2D eigenvalue weighted by Gasteiger charge is -2.26. The number of methoxy groups -OCH3 is 2. The number of thiazole rings is 1. The van der Waals surface area contributed by atoms with Crippen LogP contribution < -0.4 is 24.4 Å². The number of hydrogen-bond donors (Lipinski definition) is 0. The second kappa shape index (κ2) is 10.1. The smallest absolute Gasteiger partial charge is 0.338 e. The molecule has 9 heteroatoms. The molecule has 1 atom stereocenters. The van der Waals surface area contributed by atoms with Crippen LogP contribution in [-0.4, -0.2) is 31.4 Å². The summed E-state index contributed by atoms with van der Waals surface area (Å²) in [5.74, 6) is 0.580. The first-order chi connectivity index (χ1) is 16.4. The van der Waals surface area contributed by atoms with E-state index in [0.29, 0.717) is 37.7 Å². The molecule has 34 heavy (non-hydrogen) atoms. The molecule has 0 saturated heterocycles. The summed E-state index contributed by atoms with van der Waals surface area (Å²) in [6.07, 6.45) is 1.84. The van der Waals surface area contributed by atoms with Gasteiger partial charge in [-0.25, -0.2) is 9.79 Å². The Hall–Kier alpha value is -2.92. The molecule has 4 rings (SSSR count). The van der Waals surface area contributed by atoms with Gasteiger partial charge in [0.2, 0.25) is 0 Å². The van der Waals surface area contributed by atoms with Crippen LogP contribution in [0.25, 0.3) is 6.08 Å². The van der Waals surface area contributed by atoms with Gasteiger partial charge in [-0.2, -0.15) is 0 Å². The highest BCUT2D eigenvalue weighted by Crippen LogP contribution is 2.37. The molecular weight excluding hydrogens is 567 g/mol. The fourth-order valence-corrected chi connectivity index (χ4v) is 5.25. The molecule has 1 aliphatic heterocycles. The monoisotopic (exact) mass is 590 g/mol. The molecule has 3 aromatic rings. The molecule has 0 amide bonds. The van der Waals surface area contributed by atoms with Gasteiger partial charge in [0.25, 0.3) is 5.56 Å². The van der Waals surface area contributed by atoms with Gasteiger partial charge in [-0.05, 0) is 72.3 Å². The van der Waals surface area contributed by atoms with Crippen molar-refractivity contribution in [2.24, 2.45) is 4.99 Å². The van der Waals surface area contributed by atoms with Crippen LogP contribution in [0.5, 0.6) is 11.5 Å². The molecule has 0 aliphatic carbocycles. The molecule has 2 aromatic carbocycles. The minimum Gasteiger partial charge on any atom is -0.497 e. The average molecular weight is 590 g/mol. The maximum Gasteiger partial charge on any atom is 0.338 e. The standard InChI is InChI=1S/C25H23IN2O5S/c1-5-33-24(30)21-14(2)27-25-28(22(21)18-11-10-17(31-3)13-19(18)32-4)23(29)20(34-25)12-15-6-8-16(26)9-7-15/h6-13,22H,5H2,1-4H3/b20-12+. The van der Waals surface area contributed by atoms with E-state index in [1.807, 2.05) is 30.3 Å². The van der Waals surface area contributed by atoms with Gasteiger partial charge >= 0.3 is 5.97 Å². The number of hydrogen-bond acceptors (Lipinski definition) is 7. The van der Waals surface area contributed by atoms with E-state index in [1.165, 1.54) is 11.3 Å². The lowest BCUT2D eigenvalue weighted by Crippen LogP contribution is -2.40. The lowest BCUT2D eigenvalue weighted by molar-refractivity contribution is -0.139. The number of nitrogens with zero attached hydrogens (tertiary/aromatic N) is 2. The molecule has 0 radical (unpaired) electrons. The maximum absolute atomic E-state index is 13.7. The molecule has 0 bridgehead atoms. The van der Waals surface area contributed by atoms with Crippen molar-refractivity contribution in [3.63, 3.8) is 0 Å². The van der Waals surface area contributed by atoms with Crippen LogP contribution in [0.4, 0.5) is 0 Å². The fraction of sp³-hybridized carbons (Fsp3) is 0.240. The van der Waals surface area contributed by atoms with Gasteiger partial charge in [0, 0.05) is 15.2 Å². The molecule has 0 saturated carbocycles. The molecule has 0 spiro atoms. The third kappa shape index (κ3) is 4.54. The number of esters is 1. The molecule has 2 heterocycles. The minimum atomic E-state index is -0.755. The summed E-state index contributed by atoms with van der Waals surface area (Å²) < 4.78 is 19.5. The van der Waals surface area contributed by atoms with Gasteiger partial charge in [-0.1, -0.05) is 23.5 Å². The number of benzene rings is 2. The average Bonchev–Trinajstić information content (AvgIpc) is 3.13. The first-order valence-electron chi connectivity index (χ1n) is 10.5. The maximum atomic E-state index is 13.7. The molecule has 176 valence electrons. The number of aromatic nitrogens is 1. The molecule has 0 N–H and O–H groups in total. The summed E-state index contributed by atoms with van der Waals surface area (Å²) in [6.45, 7) is 3.71. The number of fused-ring (bicyclic) bond motifs is 1. The number of carbonyl (C=O) groups is 1. The summed E-state index contributed by atoms with van der Waals surface area (Å²) in [4.78, 5) is 31.8. The van der Waals surface area contributed by atoms with Crippen LogP contribution in [0.2, 0.25) is 0 Å². The van der Waals surface area contributed by atoms with E-state index in [9.17, 15) is 9.59 Å². The van der Waals surface area contributed by atoms with E-state index in [1.54, 1.807) is 50.8 Å². The normalized spacial score (nSPS) is 15.6. The molecule has 1 aliphatic rings. The van der Waals surface area contributed by atoms with Crippen molar-refractivity contribution in [1.29, 1.82) is 0 Å². The molecular formula is C25H23IN2O5S. The zero-order chi connectivity index (χ0) is 24.4. The molecule has 1 unspecified atom stereocenters. The highest BCUT2D eigenvalue weighted by Gasteiger charge is 2.35. The molecule has 1 aromatic heterocycles. The Morgan fingerprint density at radius 1 is 1.18 bits per heavy atom. The first-order valence-corrected chi connectivity index (χ1v) is 12.4. The Morgan fingerprint density at radius 2 is 1.91 bits per heavy atom. The Kier molecular flexibility index (Phi) is 7.22. The SMILES string of the molecule is CCOC(=O)C1=C(C)N=c2s/c(=C/c3ccc(I)cc3)c(=O)n2C1c1ccc(OC)cc1OC. The highest BCUT2D eigenvalue weighted by atomic mass is 127. The van der Waals surface area contributed by atoms with Gasteiger partial charge in [0.1, 0.15) is 17.5 Å². The van der Waals surface area contributed by atoms with E-state index in [4.69, 9.17) is 14.2 Å². The summed E-state index contributed by atoms with van der Waals surface area (Å²) in [6, 6.07) is 12.4. The van der Waals surface area contributed by atoms with E-state index in [2.05, 4.69) is 27.6 Å². The largest absolute Gasteiger partial charge is 0.497 e. The van der Waals surface area contributed by atoms with Gasteiger partial charge in [-0.3, -0.25) is 9.36 Å². The Labute approximate surface area is 214 Å². The topological polar surface area (TPSA) is 79.1 Å². The number of allylic oxidation sites excluding steroid dienone is 1. The molecule has 7 nitrogen and oxygen atoms in total. The Morgan fingerprint density at radius 3 is 2.56 bits per heavy atom. The second-order valence-corrected chi connectivity index (χ2v) is 9.72. The fourth-order valence-electron chi connectivity index (χ4n) is 3.84. The Bertz CT molecular complexity index is 1450. The van der Waals surface area contributed by atoms with Gasteiger partial charge < -0.3 is 14.2 Å². The second-order valence-electron chi connectivity index (χ2n) is 7.46. The third-order valence-corrected chi connectivity index (χ3v) is 7.12. The van der Waals surface area contributed by atoms with Gasteiger partial charge in [0.05, 0.1) is 36.6 Å². The molecule has 0 fully saturated rings. The van der Waals surface area contributed by atoms with Crippen LogP contribution in [0.3, 0.4) is 0 Å². The van der Waals surface area contributed by atoms with E-state index in [-0.39, 0.29) is 12.2 Å².